The molecule has 0 aliphatic rings. The summed E-state index contributed by atoms with van der Waals surface area (Å²) in [5, 5.41) is 3.18. The van der Waals surface area contributed by atoms with Crippen molar-refractivity contribution in [1.82, 2.24) is 5.32 Å². The van der Waals surface area contributed by atoms with E-state index >= 15 is 0 Å². The topological polar surface area (TPSA) is 75.3 Å². The van der Waals surface area contributed by atoms with Gasteiger partial charge in [0.1, 0.15) is 0 Å². The second-order valence-corrected chi connectivity index (χ2v) is 10.8. The van der Waals surface area contributed by atoms with Gasteiger partial charge in [0, 0.05) is 5.54 Å². The Morgan fingerprint density at radius 1 is 1.00 bits per heavy atom. The van der Waals surface area contributed by atoms with E-state index < -0.39 is 15.6 Å². The number of nitrogens with one attached hydrogen (secondary N) is 2. The standard InChI is InChI=1S/C21H27ClN2O3S/c1-20(2,3)14-21(4,5)23-19(25)17-12-11-15(13-18(17)22)24-28(26,27)16-9-7-6-8-10-16/h6-13,24H,14H2,1-5H3,(H,23,25). The van der Waals surface area contributed by atoms with Crippen LogP contribution in [0.2, 0.25) is 5.02 Å². The zero-order valence-electron chi connectivity index (χ0n) is 16.8. The lowest BCUT2D eigenvalue weighted by molar-refractivity contribution is 0.0891. The molecule has 2 aromatic carbocycles. The van der Waals surface area contributed by atoms with Gasteiger partial charge in [-0.15, -0.1) is 0 Å². The van der Waals surface area contributed by atoms with Crippen LogP contribution in [0.5, 0.6) is 0 Å². The van der Waals surface area contributed by atoms with E-state index in [0.717, 1.165) is 6.42 Å². The highest BCUT2D eigenvalue weighted by Gasteiger charge is 2.28. The van der Waals surface area contributed by atoms with Crippen molar-refractivity contribution < 1.29 is 13.2 Å². The fourth-order valence-electron chi connectivity index (χ4n) is 3.32. The first kappa shape index (κ1) is 22.2. The zero-order chi connectivity index (χ0) is 21.2. The molecular weight excluding hydrogens is 396 g/mol. The predicted octanol–water partition coefficient (Wildman–Crippen LogP) is 5.09. The third-order valence-corrected chi connectivity index (χ3v) is 5.65. The lowest BCUT2D eigenvalue weighted by Gasteiger charge is -2.33. The summed E-state index contributed by atoms with van der Waals surface area (Å²) < 4.78 is 27.3. The Morgan fingerprint density at radius 2 is 1.61 bits per heavy atom. The Balaban J connectivity index is 2.17. The second-order valence-electron chi connectivity index (χ2n) is 8.69. The van der Waals surface area contributed by atoms with E-state index in [1.165, 1.54) is 30.3 Å². The third kappa shape index (κ3) is 6.24. The predicted molar refractivity (Wildman–Crippen MR) is 114 cm³/mol. The van der Waals surface area contributed by atoms with Gasteiger partial charge in [-0.1, -0.05) is 50.6 Å². The number of rotatable bonds is 6. The van der Waals surface area contributed by atoms with Gasteiger partial charge in [-0.05, 0) is 56.0 Å². The minimum atomic E-state index is -3.72. The normalized spacial score (nSPS) is 12.5. The van der Waals surface area contributed by atoms with Gasteiger partial charge in [0.15, 0.2) is 0 Å². The summed E-state index contributed by atoms with van der Waals surface area (Å²) in [5.74, 6) is -0.295. The van der Waals surface area contributed by atoms with Crippen LogP contribution in [0.15, 0.2) is 53.4 Å². The van der Waals surface area contributed by atoms with Crippen molar-refractivity contribution in [2.45, 2.75) is 51.5 Å². The molecule has 2 rings (SSSR count). The number of benzene rings is 2. The monoisotopic (exact) mass is 422 g/mol. The molecule has 7 heteroatoms. The molecule has 0 saturated carbocycles. The lowest BCUT2D eigenvalue weighted by atomic mass is 9.81. The molecule has 0 spiro atoms. The fourth-order valence-corrected chi connectivity index (χ4v) is 4.66. The maximum absolute atomic E-state index is 12.7. The molecule has 2 N–H and O–H groups in total. The molecule has 0 unspecified atom stereocenters. The SMILES string of the molecule is CC(C)(C)CC(C)(C)NC(=O)c1ccc(NS(=O)(=O)c2ccccc2)cc1Cl. The van der Waals surface area contributed by atoms with Crippen LogP contribution in [0.25, 0.3) is 0 Å². The van der Waals surface area contributed by atoms with Crippen LogP contribution in [0.4, 0.5) is 5.69 Å². The molecule has 0 aromatic heterocycles. The Labute approximate surface area is 172 Å². The van der Waals surface area contributed by atoms with Gasteiger partial charge in [-0.2, -0.15) is 0 Å². The summed E-state index contributed by atoms with van der Waals surface area (Å²) in [5.41, 5.74) is 0.234. The molecule has 5 nitrogen and oxygen atoms in total. The third-order valence-electron chi connectivity index (χ3n) is 3.94. The number of anilines is 1. The van der Waals surface area contributed by atoms with E-state index in [1.54, 1.807) is 18.2 Å². The molecule has 2 aromatic rings. The molecule has 152 valence electrons. The summed E-state index contributed by atoms with van der Waals surface area (Å²) in [6.07, 6.45) is 0.790. The highest BCUT2D eigenvalue weighted by Crippen LogP contribution is 2.28. The minimum absolute atomic E-state index is 0.0557. The Bertz CT molecular complexity index is 949. The highest BCUT2D eigenvalue weighted by molar-refractivity contribution is 7.92. The van der Waals surface area contributed by atoms with Crippen LogP contribution >= 0.6 is 11.6 Å². The van der Waals surface area contributed by atoms with Crippen LogP contribution in [-0.4, -0.2) is 19.9 Å². The average Bonchev–Trinajstić information content (AvgIpc) is 2.52. The van der Waals surface area contributed by atoms with Crippen molar-refractivity contribution >= 4 is 33.2 Å². The van der Waals surface area contributed by atoms with Gasteiger partial charge in [-0.25, -0.2) is 8.42 Å². The Morgan fingerprint density at radius 3 is 2.14 bits per heavy atom. The largest absolute Gasteiger partial charge is 0.347 e. The van der Waals surface area contributed by atoms with Gasteiger partial charge in [-0.3, -0.25) is 9.52 Å². The van der Waals surface area contributed by atoms with Crippen molar-refractivity contribution in [2.75, 3.05) is 4.72 Å². The Hall–Kier alpha value is -2.05. The van der Waals surface area contributed by atoms with Crippen molar-refractivity contribution in [3.05, 3.63) is 59.1 Å². The maximum Gasteiger partial charge on any atom is 0.261 e. The summed E-state index contributed by atoms with van der Waals surface area (Å²) in [6.45, 7) is 10.3. The fraction of sp³-hybridized carbons (Fsp3) is 0.381. The van der Waals surface area contributed by atoms with Crippen LogP contribution in [0, 0.1) is 5.41 Å². The molecule has 0 aliphatic heterocycles. The van der Waals surface area contributed by atoms with Gasteiger partial charge in [0.2, 0.25) is 0 Å². The Kier molecular flexibility index (Phi) is 6.46. The van der Waals surface area contributed by atoms with E-state index in [9.17, 15) is 13.2 Å². The van der Waals surface area contributed by atoms with E-state index in [2.05, 4.69) is 30.8 Å². The molecule has 0 bridgehead atoms. The summed E-state index contributed by atoms with van der Waals surface area (Å²) in [7, 11) is -3.72. The number of hydrogen-bond donors (Lipinski definition) is 2. The average molecular weight is 423 g/mol. The van der Waals surface area contributed by atoms with Crippen LogP contribution < -0.4 is 10.0 Å². The number of carbonyl (C=O) groups is 1. The number of hydrogen-bond acceptors (Lipinski definition) is 3. The van der Waals surface area contributed by atoms with Gasteiger partial charge in [0.25, 0.3) is 15.9 Å². The first-order valence-electron chi connectivity index (χ1n) is 8.99. The molecule has 0 radical (unpaired) electrons. The quantitative estimate of drug-likeness (QED) is 0.681. The van der Waals surface area contributed by atoms with E-state index in [0.29, 0.717) is 11.3 Å². The highest BCUT2D eigenvalue weighted by atomic mass is 35.5. The number of carbonyl (C=O) groups excluding carboxylic acids is 1. The number of sulfonamides is 1. The molecule has 0 atom stereocenters. The molecular formula is C21H27ClN2O3S. The van der Waals surface area contributed by atoms with Crippen LogP contribution in [0.1, 0.15) is 51.4 Å². The van der Waals surface area contributed by atoms with Crippen molar-refractivity contribution in [3.63, 3.8) is 0 Å². The molecule has 28 heavy (non-hydrogen) atoms. The summed E-state index contributed by atoms with van der Waals surface area (Å²) in [6, 6.07) is 12.5. The van der Waals surface area contributed by atoms with Gasteiger partial charge in [0.05, 0.1) is 21.2 Å². The first-order chi connectivity index (χ1) is 12.8. The van der Waals surface area contributed by atoms with Crippen LogP contribution in [-0.2, 0) is 10.0 Å². The van der Waals surface area contributed by atoms with Crippen molar-refractivity contribution in [2.24, 2.45) is 5.41 Å². The molecule has 0 saturated heterocycles. The smallest absolute Gasteiger partial charge is 0.261 e. The minimum Gasteiger partial charge on any atom is -0.347 e. The van der Waals surface area contributed by atoms with E-state index in [4.69, 9.17) is 11.6 Å². The second kappa shape index (κ2) is 8.13. The lowest BCUT2D eigenvalue weighted by Crippen LogP contribution is -2.45. The van der Waals surface area contributed by atoms with Gasteiger partial charge < -0.3 is 5.32 Å². The van der Waals surface area contributed by atoms with Crippen molar-refractivity contribution in [3.8, 4) is 0 Å². The summed E-state index contributed by atoms with van der Waals surface area (Å²) >= 11 is 6.27. The molecule has 0 fully saturated rings. The van der Waals surface area contributed by atoms with E-state index in [-0.39, 0.29) is 21.2 Å². The molecule has 0 heterocycles. The summed E-state index contributed by atoms with van der Waals surface area (Å²) in [4.78, 5) is 12.8. The molecule has 0 aliphatic carbocycles. The van der Waals surface area contributed by atoms with Gasteiger partial charge >= 0.3 is 0 Å². The first-order valence-corrected chi connectivity index (χ1v) is 10.9. The maximum atomic E-state index is 12.7. The van der Waals surface area contributed by atoms with Crippen molar-refractivity contribution in [1.29, 1.82) is 0 Å². The number of amides is 1. The van der Waals surface area contributed by atoms with Crippen LogP contribution in [0.3, 0.4) is 0 Å². The molecule has 1 amide bonds. The number of halogens is 1. The zero-order valence-corrected chi connectivity index (χ0v) is 18.4. The van der Waals surface area contributed by atoms with E-state index in [1.807, 2.05) is 13.8 Å².